The van der Waals surface area contributed by atoms with Gasteiger partial charge in [-0.25, -0.2) is 4.39 Å². The highest BCUT2D eigenvalue weighted by atomic mass is 35.5. The molecule has 1 N–H and O–H groups in total. The summed E-state index contributed by atoms with van der Waals surface area (Å²) in [5.74, 6) is -0.323. The Labute approximate surface area is 127 Å². The summed E-state index contributed by atoms with van der Waals surface area (Å²) in [4.78, 5) is 3.78. The van der Waals surface area contributed by atoms with Crippen LogP contribution in [0.5, 0.6) is 0 Å². The first-order valence-corrected chi connectivity index (χ1v) is 7.14. The number of nitrogens with zero attached hydrogens (tertiary/aromatic N) is 1. The number of hydrogen-bond acceptors (Lipinski definition) is 2. The van der Waals surface area contributed by atoms with Crippen molar-refractivity contribution in [3.8, 4) is 0 Å². The molecule has 2 nitrogen and oxygen atoms in total. The molecular formula is C15H15Cl2FN2. The van der Waals surface area contributed by atoms with E-state index in [-0.39, 0.29) is 11.9 Å². The molecule has 20 heavy (non-hydrogen) atoms. The summed E-state index contributed by atoms with van der Waals surface area (Å²) in [6.07, 6.45) is 3.37. The van der Waals surface area contributed by atoms with Crippen molar-refractivity contribution in [3.05, 3.63) is 63.6 Å². The second-order valence-electron chi connectivity index (χ2n) is 4.45. The van der Waals surface area contributed by atoms with E-state index in [1.165, 1.54) is 6.20 Å². The number of hydrogen-bond donors (Lipinski definition) is 1. The number of pyridine rings is 1. The van der Waals surface area contributed by atoms with Crippen LogP contribution in [-0.4, -0.2) is 11.5 Å². The normalized spacial score (nSPS) is 12.4. The van der Waals surface area contributed by atoms with Crippen LogP contribution in [0.3, 0.4) is 0 Å². The second-order valence-corrected chi connectivity index (χ2v) is 5.29. The maximum absolute atomic E-state index is 13.9. The summed E-state index contributed by atoms with van der Waals surface area (Å²) in [5.41, 5.74) is 1.47. The molecule has 1 aromatic carbocycles. The zero-order valence-corrected chi connectivity index (χ0v) is 12.5. The van der Waals surface area contributed by atoms with Gasteiger partial charge >= 0.3 is 0 Å². The highest BCUT2D eigenvalue weighted by Gasteiger charge is 2.17. The zero-order valence-electron chi connectivity index (χ0n) is 11.0. The number of halogens is 3. The first kappa shape index (κ1) is 15.2. The van der Waals surface area contributed by atoms with Gasteiger partial charge in [0.2, 0.25) is 0 Å². The van der Waals surface area contributed by atoms with Crippen molar-refractivity contribution >= 4 is 23.2 Å². The third-order valence-electron chi connectivity index (χ3n) is 3.06. The molecule has 0 bridgehead atoms. The lowest BCUT2D eigenvalue weighted by atomic mass is 9.99. The number of nitrogens with one attached hydrogen (secondary N) is 1. The molecule has 0 aliphatic rings. The molecule has 0 fully saturated rings. The average Bonchev–Trinajstić information content (AvgIpc) is 2.43. The van der Waals surface area contributed by atoms with Crippen molar-refractivity contribution in [1.82, 2.24) is 10.3 Å². The van der Waals surface area contributed by atoms with Gasteiger partial charge in [-0.3, -0.25) is 4.98 Å². The van der Waals surface area contributed by atoms with Crippen molar-refractivity contribution < 1.29 is 4.39 Å². The van der Waals surface area contributed by atoms with Gasteiger partial charge in [0.25, 0.3) is 0 Å². The summed E-state index contributed by atoms with van der Waals surface area (Å²) < 4.78 is 13.9. The SMILES string of the molecule is CCNC(Cc1cc(Cl)ccc1Cl)c1ccncc1F. The highest BCUT2D eigenvalue weighted by Crippen LogP contribution is 2.27. The van der Waals surface area contributed by atoms with Gasteiger partial charge in [0.05, 0.1) is 6.20 Å². The first-order valence-electron chi connectivity index (χ1n) is 6.38. The summed E-state index contributed by atoms with van der Waals surface area (Å²) >= 11 is 12.2. The van der Waals surface area contributed by atoms with Crippen LogP contribution in [0.15, 0.2) is 36.7 Å². The molecule has 1 aromatic heterocycles. The Morgan fingerprint density at radius 3 is 2.80 bits per heavy atom. The van der Waals surface area contributed by atoms with Gasteiger partial charge in [0.1, 0.15) is 5.82 Å². The Morgan fingerprint density at radius 2 is 2.10 bits per heavy atom. The average molecular weight is 313 g/mol. The lowest BCUT2D eigenvalue weighted by molar-refractivity contribution is 0.507. The van der Waals surface area contributed by atoms with E-state index in [1.54, 1.807) is 24.4 Å². The fourth-order valence-electron chi connectivity index (χ4n) is 2.13. The van der Waals surface area contributed by atoms with Crippen LogP contribution in [0.4, 0.5) is 4.39 Å². The van der Waals surface area contributed by atoms with E-state index >= 15 is 0 Å². The van der Waals surface area contributed by atoms with Gasteiger partial charge in [-0.15, -0.1) is 0 Å². The number of benzene rings is 1. The van der Waals surface area contributed by atoms with Gasteiger partial charge in [0, 0.05) is 27.8 Å². The van der Waals surface area contributed by atoms with E-state index in [1.807, 2.05) is 13.0 Å². The minimum absolute atomic E-state index is 0.168. The maximum atomic E-state index is 13.9. The Morgan fingerprint density at radius 1 is 1.30 bits per heavy atom. The molecule has 1 unspecified atom stereocenters. The minimum Gasteiger partial charge on any atom is -0.310 e. The molecule has 0 radical (unpaired) electrons. The number of likely N-dealkylation sites (N-methyl/N-ethyl adjacent to an activating group) is 1. The first-order chi connectivity index (χ1) is 9.61. The van der Waals surface area contributed by atoms with Gasteiger partial charge in [0.15, 0.2) is 0 Å². The molecule has 0 aliphatic carbocycles. The fraction of sp³-hybridized carbons (Fsp3) is 0.267. The Hall–Kier alpha value is -1.16. The summed E-state index contributed by atoms with van der Waals surface area (Å²) in [6, 6.07) is 6.82. The molecule has 2 aromatic rings. The predicted molar refractivity (Wildman–Crippen MR) is 80.8 cm³/mol. The summed E-state index contributed by atoms with van der Waals surface area (Å²) in [5, 5.41) is 4.52. The molecule has 0 saturated heterocycles. The zero-order chi connectivity index (χ0) is 14.5. The molecule has 0 saturated carbocycles. The van der Waals surface area contributed by atoms with E-state index in [9.17, 15) is 4.39 Å². The van der Waals surface area contributed by atoms with Crippen LogP contribution >= 0.6 is 23.2 Å². The molecule has 1 heterocycles. The van der Waals surface area contributed by atoms with Gasteiger partial charge in [-0.05, 0) is 42.8 Å². The highest BCUT2D eigenvalue weighted by molar-refractivity contribution is 6.33. The smallest absolute Gasteiger partial charge is 0.146 e. The van der Waals surface area contributed by atoms with E-state index < -0.39 is 0 Å². The third kappa shape index (κ3) is 3.69. The predicted octanol–water partition coefficient (Wildman–Crippen LogP) is 4.42. The Balaban J connectivity index is 2.30. The Kier molecular flexibility index (Phi) is 5.35. The maximum Gasteiger partial charge on any atom is 0.146 e. The van der Waals surface area contributed by atoms with Gasteiger partial charge in [-0.1, -0.05) is 30.1 Å². The lowest BCUT2D eigenvalue weighted by Crippen LogP contribution is -2.24. The van der Waals surface area contributed by atoms with Crippen molar-refractivity contribution in [1.29, 1.82) is 0 Å². The Bertz CT molecular complexity index is 590. The molecule has 0 spiro atoms. The lowest BCUT2D eigenvalue weighted by Gasteiger charge is -2.19. The molecule has 0 amide bonds. The van der Waals surface area contributed by atoms with Crippen molar-refractivity contribution in [2.24, 2.45) is 0 Å². The summed E-state index contributed by atoms with van der Waals surface area (Å²) in [6.45, 7) is 2.70. The van der Waals surface area contributed by atoms with Crippen LogP contribution in [-0.2, 0) is 6.42 Å². The third-order valence-corrected chi connectivity index (χ3v) is 3.67. The fourth-order valence-corrected chi connectivity index (χ4v) is 2.52. The van der Waals surface area contributed by atoms with E-state index in [0.29, 0.717) is 22.0 Å². The topological polar surface area (TPSA) is 24.9 Å². The molecule has 0 aliphatic heterocycles. The van der Waals surface area contributed by atoms with Crippen molar-refractivity contribution in [2.45, 2.75) is 19.4 Å². The molecule has 106 valence electrons. The molecule has 2 rings (SSSR count). The number of aromatic nitrogens is 1. The molecular weight excluding hydrogens is 298 g/mol. The quantitative estimate of drug-likeness (QED) is 0.884. The van der Waals surface area contributed by atoms with E-state index in [0.717, 1.165) is 12.1 Å². The van der Waals surface area contributed by atoms with Crippen LogP contribution < -0.4 is 5.32 Å². The van der Waals surface area contributed by atoms with E-state index in [2.05, 4.69) is 10.3 Å². The van der Waals surface area contributed by atoms with Crippen LogP contribution in [0.2, 0.25) is 10.0 Å². The second kappa shape index (κ2) is 7.02. The number of rotatable bonds is 5. The van der Waals surface area contributed by atoms with Crippen molar-refractivity contribution in [2.75, 3.05) is 6.54 Å². The minimum atomic E-state index is -0.323. The standard InChI is InChI=1S/C15H15Cl2FN2/c1-2-20-15(12-5-6-19-9-14(12)18)8-10-7-11(16)3-4-13(10)17/h3-7,9,15,20H,2,8H2,1H3. The van der Waals surface area contributed by atoms with Crippen LogP contribution in [0, 0.1) is 5.82 Å². The van der Waals surface area contributed by atoms with Gasteiger partial charge < -0.3 is 5.32 Å². The van der Waals surface area contributed by atoms with E-state index in [4.69, 9.17) is 23.2 Å². The van der Waals surface area contributed by atoms with Crippen LogP contribution in [0.25, 0.3) is 0 Å². The monoisotopic (exact) mass is 312 g/mol. The van der Waals surface area contributed by atoms with Crippen molar-refractivity contribution in [3.63, 3.8) is 0 Å². The largest absolute Gasteiger partial charge is 0.310 e. The molecule has 1 atom stereocenters. The van der Waals surface area contributed by atoms with Crippen LogP contribution in [0.1, 0.15) is 24.1 Å². The summed E-state index contributed by atoms with van der Waals surface area (Å²) in [7, 11) is 0. The van der Waals surface area contributed by atoms with Gasteiger partial charge in [-0.2, -0.15) is 0 Å². The molecule has 5 heteroatoms.